The van der Waals surface area contributed by atoms with E-state index in [4.69, 9.17) is 0 Å². The van der Waals surface area contributed by atoms with Crippen molar-refractivity contribution in [1.29, 1.82) is 0 Å². The van der Waals surface area contributed by atoms with Crippen molar-refractivity contribution in [3.8, 4) is 0 Å². The van der Waals surface area contributed by atoms with E-state index < -0.39 is 31.0 Å². The molecule has 2 atom stereocenters. The molecule has 1 aliphatic carbocycles. The van der Waals surface area contributed by atoms with Crippen LogP contribution in [0.1, 0.15) is 46.8 Å². The second-order valence-corrected chi connectivity index (χ2v) is 13.9. The molecule has 0 aliphatic heterocycles. The van der Waals surface area contributed by atoms with Crippen LogP contribution < -0.4 is 4.90 Å². The van der Waals surface area contributed by atoms with Gasteiger partial charge in [-0.2, -0.15) is 16.8 Å². The van der Waals surface area contributed by atoms with Gasteiger partial charge in [-0.3, -0.25) is 9.11 Å². The number of rotatable bonds is 11. The predicted octanol–water partition coefficient (Wildman–Crippen LogP) is 7.09. The minimum absolute atomic E-state index is 0.330. The van der Waals surface area contributed by atoms with Gasteiger partial charge in [-0.05, 0) is 66.0 Å². The molecule has 47 heavy (non-hydrogen) atoms. The molecule has 5 rings (SSSR count). The largest absolute Gasteiger partial charge is 0.350 e. The fraction of sp³-hybridized carbons (Fsp3) is 0.162. The van der Waals surface area contributed by atoms with Crippen LogP contribution in [0, 0.1) is 0 Å². The smallest absolute Gasteiger partial charge is 0.334 e. The van der Waals surface area contributed by atoms with Gasteiger partial charge in [-0.1, -0.05) is 103 Å². The van der Waals surface area contributed by atoms with Crippen LogP contribution in [0.2, 0.25) is 0 Å². The summed E-state index contributed by atoms with van der Waals surface area (Å²) in [6.45, 7) is 4.33. The molecule has 10 heteroatoms. The number of hydrogen-bond donors (Lipinski definition) is 2. The van der Waals surface area contributed by atoms with Crippen LogP contribution in [0.3, 0.4) is 0 Å². The molecular formula is C37H37N2O6S2+. The highest BCUT2D eigenvalue weighted by Gasteiger charge is 2.36. The van der Waals surface area contributed by atoms with Gasteiger partial charge in [0.1, 0.15) is 6.54 Å². The maximum Gasteiger partial charge on any atom is 0.334 e. The highest BCUT2D eigenvalue weighted by molar-refractivity contribution is 7.86. The van der Waals surface area contributed by atoms with Gasteiger partial charge in [0.2, 0.25) is 5.71 Å². The van der Waals surface area contributed by atoms with Crippen molar-refractivity contribution in [2.75, 3.05) is 18.0 Å². The third-order valence-electron chi connectivity index (χ3n) is 8.02. The highest BCUT2D eigenvalue weighted by Crippen LogP contribution is 2.35. The van der Waals surface area contributed by atoms with Gasteiger partial charge in [0.15, 0.2) is 5.37 Å². The molecule has 0 saturated carbocycles. The first-order valence-electron chi connectivity index (χ1n) is 15.2. The SMILES string of the molecule is CCN(c1ccc(C(=C2C=CC(=[N+](CC)[C@H](c3ccccc3)S(=O)(=O)O)C=C2)c2ccccc2)cc1)[C@H](c1ccccc1)S(=O)(=O)O. The van der Waals surface area contributed by atoms with Crippen molar-refractivity contribution in [3.05, 3.63) is 167 Å². The first kappa shape index (κ1) is 33.7. The molecule has 0 bridgehead atoms. The van der Waals surface area contributed by atoms with E-state index in [1.54, 1.807) is 70.1 Å². The van der Waals surface area contributed by atoms with Crippen LogP contribution in [0.15, 0.2) is 145 Å². The summed E-state index contributed by atoms with van der Waals surface area (Å²) >= 11 is 0. The number of hydrogen-bond acceptors (Lipinski definition) is 5. The van der Waals surface area contributed by atoms with E-state index in [1.807, 2.05) is 92.7 Å². The molecule has 0 fully saturated rings. The fourth-order valence-electron chi connectivity index (χ4n) is 5.97. The maximum atomic E-state index is 12.6. The van der Waals surface area contributed by atoms with Crippen LogP contribution >= 0.6 is 0 Å². The van der Waals surface area contributed by atoms with Crippen molar-refractivity contribution >= 4 is 37.2 Å². The van der Waals surface area contributed by atoms with E-state index in [2.05, 4.69) is 0 Å². The number of anilines is 1. The molecule has 0 amide bonds. The van der Waals surface area contributed by atoms with E-state index in [1.165, 1.54) is 0 Å². The van der Waals surface area contributed by atoms with Crippen molar-refractivity contribution in [2.24, 2.45) is 0 Å². The summed E-state index contributed by atoms with van der Waals surface area (Å²) in [5.74, 6) is 0. The summed E-state index contributed by atoms with van der Waals surface area (Å²) < 4.78 is 72.4. The predicted molar refractivity (Wildman–Crippen MR) is 187 cm³/mol. The number of nitrogens with zero attached hydrogens (tertiary/aromatic N) is 2. The van der Waals surface area contributed by atoms with Gasteiger partial charge in [0, 0.05) is 29.9 Å². The number of allylic oxidation sites excluding steroid dienone is 5. The third-order valence-corrected chi connectivity index (χ3v) is 10.2. The molecule has 0 heterocycles. The molecule has 2 N–H and O–H groups in total. The van der Waals surface area contributed by atoms with Crippen molar-refractivity contribution < 1.29 is 30.5 Å². The average Bonchev–Trinajstić information content (AvgIpc) is 3.07. The highest BCUT2D eigenvalue weighted by atomic mass is 32.2. The summed E-state index contributed by atoms with van der Waals surface area (Å²) in [6, 6.07) is 34.6. The summed E-state index contributed by atoms with van der Waals surface area (Å²) in [4.78, 5) is 1.64. The van der Waals surface area contributed by atoms with Crippen molar-refractivity contribution in [2.45, 2.75) is 24.6 Å². The Morgan fingerprint density at radius 2 is 1.13 bits per heavy atom. The molecule has 242 valence electrons. The topological polar surface area (TPSA) is 115 Å². The Hall–Kier alpha value is -4.61. The first-order valence-corrected chi connectivity index (χ1v) is 18.2. The Morgan fingerprint density at radius 3 is 1.60 bits per heavy atom. The van der Waals surface area contributed by atoms with Crippen molar-refractivity contribution in [3.63, 3.8) is 0 Å². The third kappa shape index (κ3) is 7.69. The lowest BCUT2D eigenvalue weighted by Crippen LogP contribution is -2.34. The van der Waals surface area contributed by atoms with E-state index in [-0.39, 0.29) is 0 Å². The lowest BCUT2D eigenvalue weighted by Gasteiger charge is -2.31. The van der Waals surface area contributed by atoms with Crippen molar-refractivity contribution in [1.82, 2.24) is 0 Å². The average molecular weight is 670 g/mol. The minimum atomic E-state index is -4.47. The van der Waals surface area contributed by atoms with E-state index in [9.17, 15) is 25.9 Å². The zero-order valence-corrected chi connectivity index (χ0v) is 27.7. The monoisotopic (exact) mass is 669 g/mol. The Balaban J connectivity index is 1.57. The quantitative estimate of drug-likeness (QED) is 0.130. The lowest BCUT2D eigenvalue weighted by molar-refractivity contribution is -0.545. The van der Waals surface area contributed by atoms with Crippen LogP contribution in [0.25, 0.3) is 5.57 Å². The molecule has 4 aromatic rings. The van der Waals surface area contributed by atoms with Gasteiger partial charge in [0.05, 0.1) is 0 Å². The van der Waals surface area contributed by atoms with E-state index in [0.717, 1.165) is 22.3 Å². The molecule has 8 nitrogen and oxygen atoms in total. The van der Waals surface area contributed by atoms with Gasteiger partial charge in [-0.15, -0.1) is 0 Å². The lowest BCUT2D eigenvalue weighted by atomic mass is 9.90. The zero-order valence-electron chi connectivity index (χ0n) is 26.1. The maximum absolute atomic E-state index is 12.6. The standard InChI is InChI=1S/C37H36N2O6S2/c1-3-38(36(46(40,41)42)31-16-10-6-11-17-31)33-24-20-29(21-25-33)35(28-14-8-5-9-15-28)30-22-26-34(27-23-30)39(4-2)37(47(43,44)45)32-18-12-7-13-19-32/h5-27,36-37H,3-4H2,1-2H3,(H-,40,41,42,43,44,45)/p+1/t36-,37-/m0/s1. The first-order chi connectivity index (χ1) is 22.5. The Labute approximate surface area is 276 Å². The van der Waals surface area contributed by atoms with Gasteiger partial charge >= 0.3 is 15.5 Å². The molecule has 0 unspecified atom stereocenters. The molecule has 0 spiro atoms. The summed E-state index contributed by atoms with van der Waals surface area (Å²) in [5.41, 5.74) is 5.79. The van der Waals surface area contributed by atoms with Gasteiger partial charge in [-0.25, -0.2) is 4.58 Å². The fourth-order valence-corrected chi connectivity index (χ4v) is 8.16. The summed E-state index contributed by atoms with van der Waals surface area (Å²) in [7, 11) is -8.95. The minimum Gasteiger partial charge on any atom is -0.350 e. The Morgan fingerprint density at radius 1 is 0.638 bits per heavy atom. The number of benzene rings is 4. The molecule has 1 aliphatic rings. The van der Waals surface area contributed by atoms with Crippen LogP contribution in [-0.4, -0.2) is 49.3 Å². The molecule has 4 aromatic carbocycles. The molecule has 0 radical (unpaired) electrons. The molecule has 0 saturated heterocycles. The zero-order chi connectivity index (χ0) is 33.6. The van der Waals surface area contributed by atoms with E-state index >= 15 is 0 Å². The molecule has 0 aromatic heterocycles. The van der Waals surface area contributed by atoms with E-state index in [0.29, 0.717) is 35.6 Å². The Kier molecular flexibility index (Phi) is 10.4. The normalized spacial score (nSPS) is 14.5. The second kappa shape index (κ2) is 14.4. The van der Waals surface area contributed by atoms with Crippen LogP contribution in [0.5, 0.6) is 0 Å². The molecular weight excluding hydrogens is 633 g/mol. The van der Waals surface area contributed by atoms with Gasteiger partial charge in [0.25, 0.3) is 10.1 Å². The summed E-state index contributed by atoms with van der Waals surface area (Å²) in [6.07, 6.45) is 7.52. The van der Waals surface area contributed by atoms with Gasteiger partial charge < -0.3 is 4.90 Å². The van der Waals surface area contributed by atoms with Crippen LogP contribution in [-0.2, 0) is 20.2 Å². The summed E-state index contributed by atoms with van der Waals surface area (Å²) in [5, 5.41) is -2.54. The second-order valence-electron chi connectivity index (χ2n) is 11.0. The van der Waals surface area contributed by atoms with Crippen LogP contribution in [0.4, 0.5) is 5.69 Å². The Bertz CT molecular complexity index is 2020.